The van der Waals surface area contributed by atoms with Gasteiger partial charge in [0.25, 0.3) is 0 Å². The zero-order chi connectivity index (χ0) is 15.0. The maximum atomic E-state index is 12.3. The number of para-hydroxylation sites is 2. The first-order valence-electron chi connectivity index (χ1n) is 6.87. The van der Waals surface area contributed by atoms with Gasteiger partial charge in [0.05, 0.1) is 11.7 Å². The smallest absolute Gasteiger partial charge is 0.404 e. The molecule has 8 heteroatoms. The van der Waals surface area contributed by atoms with Gasteiger partial charge in [-0.15, -0.1) is 37.1 Å². The summed E-state index contributed by atoms with van der Waals surface area (Å²) in [5.74, 6) is 1.18. The van der Waals surface area contributed by atoms with Gasteiger partial charge in [-0.3, -0.25) is 0 Å². The molecular formula is C14H17F3IN3O. The largest absolute Gasteiger partial charge is 0.573 e. The van der Waals surface area contributed by atoms with Crippen molar-refractivity contribution in [3.63, 3.8) is 0 Å². The SMILES string of the molecule is I.NC(=N[C@@H]1C[C@H]1C1CC1)Nc1ccccc1OC(F)(F)F. The topological polar surface area (TPSA) is 59.6 Å². The van der Waals surface area contributed by atoms with Gasteiger partial charge in [0.2, 0.25) is 0 Å². The number of anilines is 1. The molecular weight excluding hydrogens is 410 g/mol. The fourth-order valence-electron chi connectivity index (χ4n) is 2.51. The molecule has 0 aliphatic heterocycles. The molecule has 0 saturated heterocycles. The molecule has 0 radical (unpaired) electrons. The van der Waals surface area contributed by atoms with Crippen LogP contribution in [0.5, 0.6) is 5.75 Å². The van der Waals surface area contributed by atoms with Gasteiger partial charge in [0, 0.05) is 0 Å². The molecule has 2 aliphatic rings. The Morgan fingerprint density at radius 2 is 1.95 bits per heavy atom. The van der Waals surface area contributed by atoms with E-state index in [1.165, 1.54) is 31.0 Å². The molecule has 3 N–H and O–H groups in total. The van der Waals surface area contributed by atoms with Crippen molar-refractivity contribution in [2.24, 2.45) is 22.6 Å². The number of nitrogens with two attached hydrogens (primary N) is 1. The summed E-state index contributed by atoms with van der Waals surface area (Å²) < 4.78 is 40.9. The highest BCUT2D eigenvalue weighted by Gasteiger charge is 2.47. The Morgan fingerprint density at radius 1 is 1.27 bits per heavy atom. The molecule has 0 amide bonds. The number of hydrogen-bond acceptors (Lipinski definition) is 2. The van der Waals surface area contributed by atoms with E-state index in [-0.39, 0.29) is 47.4 Å². The Morgan fingerprint density at radius 3 is 2.59 bits per heavy atom. The number of nitrogens with one attached hydrogen (secondary N) is 1. The Kier molecular flexibility index (Phi) is 5.08. The third-order valence-corrected chi connectivity index (χ3v) is 3.71. The van der Waals surface area contributed by atoms with Crippen LogP contribution in [0.2, 0.25) is 0 Å². The molecule has 1 aromatic carbocycles. The fourth-order valence-corrected chi connectivity index (χ4v) is 2.51. The molecule has 4 nitrogen and oxygen atoms in total. The lowest BCUT2D eigenvalue weighted by atomic mass is 10.3. The van der Waals surface area contributed by atoms with E-state index in [4.69, 9.17) is 5.73 Å². The molecule has 122 valence electrons. The summed E-state index contributed by atoms with van der Waals surface area (Å²) in [6, 6.07) is 5.97. The molecule has 2 fully saturated rings. The summed E-state index contributed by atoms with van der Waals surface area (Å²) in [5.41, 5.74) is 5.92. The zero-order valence-corrected chi connectivity index (χ0v) is 14.0. The second-order valence-electron chi connectivity index (χ2n) is 5.49. The van der Waals surface area contributed by atoms with Crippen LogP contribution in [-0.2, 0) is 0 Å². The van der Waals surface area contributed by atoms with Gasteiger partial charge in [-0.05, 0) is 43.2 Å². The van der Waals surface area contributed by atoms with Crippen molar-refractivity contribution in [1.29, 1.82) is 0 Å². The van der Waals surface area contributed by atoms with Crippen molar-refractivity contribution in [2.75, 3.05) is 5.32 Å². The van der Waals surface area contributed by atoms with E-state index in [2.05, 4.69) is 15.0 Å². The summed E-state index contributed by atoms with van der Waals surface area (Å²) in [7, 11) is 0. The van der Waals surface area contributed by atoms with Gasteiger partial charge in [0.1, 0.15) is 0 Å². The van der Waals surface area contributed by atoms with Crippen LogP contribution in [0.15, 0.2) is 29.3 Å². The van der Waals surface area contributed by atoms with Crippen LogP contribution in [0, 0.1) is 11.8 Å². The predicted molar refractivity (Wildman–Crippen MR) is 88.4 cm³/mol. The number of hydrogen-bond donors (Lipinski definition) is 2. The third-order valence-electron chi connectivity index (χ3n) is 3.71. The lowest BCUT2D eigenvalue weighted by Crippen LogP contribution is -2.25. The molecule has 22 heavy (non-hydrogen) atoms. The summed E-state index contributed by atoms with van der Waals surface area (Å²) in [6.45, 7) is 0. The number of halogens is 4. The van der Waals surface area contributed by atoms with E-state index in [0.717, 1.165) is 12.3 Å². The van der Waals surface area contributed by atoms with E-state index < -0.39 is 6.36 Å². The number of alkyl halides is 3. The number of rotatable bonds is 4. The third kappa shape index (κ3) is 4.65. The van der Waals surface area contributed by atoms with Crippen LogP contribution in [0.3, 0.4) is 0 Å². The van der Waals surface area contributed by atoms with Crippen LogP contribution in [0.25, 0.3) is 0 Å². The molecule has 1 aromatic rings. The average molecular weight is 427 g/mol. The standard InChI is InChI=1S/C14H16F3N3O.HI/c15-14(16,17)21-12-4-2-1-3-10(12)19-13(18)20-11-7-9(11)8-5-6-8;/h1-4,8-9,11H,5-7H2,(H3,18,19,20);1H/t9-,11+;/m0./s1. The lowest BCUT2D eigenvalue weighted by Gasteiger charge is -2.14. The molecule has 2 saturated carbocycles. The minimum atomic E-state index is -4.74. The summed E-state index contributed by atoms with van der Waals surface area (Å²) in [6.07, 6.45) is -1.20. The average Bonchev–Trinajstić information content (AvgIpc) is 3.21. The Balaban J connectivity index is 0.00000176. The van der Waals surface area contributed by atoms with Crippen molar-refractivity contribution >= 4 is 35.6 Å². The first-order valence-corrected chi connectivity index (χ1v) is 6.87. The van der Waals surface area contributed by atoms with Crippen LogP contribution in [0.4, 0.5) is 18.9 Å². The monoisotopic (exact) mass is 427 g/mol. The van der Waals surface area contributed by atoms with Gasteiger partial charge < -0.3 is 15.8 Å². The number of benzene rings is 1. The zero-order valence-electron chi connectivity index (χ0n) is 11.6. The Bertz CT molecular complexity index is 561. The molecule has 0 unspecified atom stereocenters. The van der Waals surface area contributed by atoms with Crippen molar-refractivity contribution in [3.8, 4) is 5.75 Å². The van der Waals surface area contributed by atoms with E-state index in [1.807, 2.05) is 0 Å². The van der Waals surface area contributed by atoms with Crippen molar-refractivity contribution in [3.05, 3.63) is 24.3 Å². The predicted octanol–water partition coefficient (Wildman–Crippen LogP) is 3.73. The van der Waals surface area contributed by atoms with Crippen LogP contribution >= 0.6 is 24.0 Å². The first-order chi connectivity index (χ1) is 9.92. The molecule has 3 rings (SSSR count). The Labute approximate surface area is 143 Å². The minimum absolute atomic E-state index is 0. The molecule has 2 atom stereocenters. The molecule has 0 heterocycles. The molecule has 0 bridgehead atoms. The van der Waals surface area contributed by atoms with Crippen molar-refractivity contribution < 1.29 is 17.9 Å². The molecule has 0 aromatic heterocycles. The summed E-state index contributed by atoms with van der Waals surface area (Å²) in [4.78, 5) is 4.31. The van der Waals surface area contributed by atoms with Gasteiger partial charge in [-0.1, -0.05) is 12.1 Å². The van der Waals surface area contributed by atoms with Crippen LogP contribution < -0.4 is 15.8 Å². The first kappa shape index (κ1) is 17.2. The molecule has 0 spiro atoms. The Hall–Kier alpha value is -1.19. The minimum Gasteiger partial charge on any atom is -0.404 e. The van der Waals surface area contributed by atoms with Crippen LogP contribution in [-0.4, -0.2) is 18.4 Å². The van der Waals surface area contributed by atoms with Crippen molar-refractivity contribution in [2.45, 2.75) is 31.7 Å². The lowest BCUT2D eigenvalue weighted by molar-refractivity contribution is -0.274. The van der Waals surface area contributed by atoms with E-state index in [1.54, 1.807) is 6.07 Å². The quantitative estimate of drug-likeness (QED) is 0.438. The highest BCUT2D eigenvalue weighted by molar-refractivity contribution is 14.0. The normalized spacial score (nSPS) is 24.4. The van der Waals surface area contributed by atoms with Gasteiger partial charge >= 0.3 is 6.36 Å². The van der Waals surface area contributed by atoms with Gasteiger partial charge in [-0.2, -0.15) is 0 Å². The van der Waals surface area contributed by atoms with Gasteiger partial charge in [-0.25, -0.2) is 4.99 Å². The maximum Gasteiger partial charge on any atom is 0.573 e. The number of guanidine groups is 1. The van der Waals surface area contributed by atoms with Crippen LogP contribution in [0.1, 0.15) is 19.3 Å². The van der Waals surface area contributed by atoms with E-state index in [0.29, 0.717) is 5.92 Å². The van der Waals surface area contributed by atoms with Crippen molar-refractivity contribution in [1.82, 2.24) is 0 Å². The summed E-state index contributed by atoms with van der Waals surface area (Å²) in [5, 5.41) is 2.69. The fraction of sp³-hybridized carbons (Fsp3) is 0.500. The van der Waals surface area contributed by atoms with E-state index in [9.17, 15) is 13.2 Å². The highest BCUT2D eigenvalue weighted by Crippen LogP contribution is 2.51. The second kappa shape index (κ2) is 6.51. The number of aliphatic imine (C=N–C) groups is 1. The number of nitrogens with zero attached hydrogens (tertiary/aromatic N) is 1. The highest BCUT2D eigenvalue weighted by atomic mass is 127. The summed E-state index contributed by atoms with van der Waals surface area (Å²) >= 11 is 0. The maximum absolute atomic E-state index is 12.3. The number of ether oxygens (including phenoxy) is 1. The van der Waals surface area contributed by atoms with E-state index >= 15 is 0 Å². The van der Waals surface area contributed by atoms with Gasteiger partial charge in [0.15, 0.2) is 11.7 Å². The molecule has 2 aliphatic carbocycles. The second-order valence-corrected chi connectivity index (χ2v) is 5.49.